The van der Waals surface area contributed by atoms with Crippen molar-refractivity contribution >= 4 is 17.2 Å². The van der Waals surface area contributed by atoms with Crippen molar-refractivity contribution in [1.29, 1.82) is 0 Å². The second-order valence-corrected chi connectivity index (χ2v) is 6.08. The Morgan fingerprint density at radius 2 is 2.10 bits per heavy atom. The fraction of sp³-hybridized carbons (Fsp3) is 0.312. The lowest BCUT2D eigenvalue weighted by atomic mass is 9.96. The standard InChI is InChI=1S/C16H18N2OS/c17-10-14(12-4-2-1-3-5-12)16(19)18-8-6-15-13(11-18)7-9-20-15/h1-5,7,9,14H,6,8,10-11,17H2/t14-/m1/s1. The summed E-state index contributed by atoms with van der Waals surface area (Å²) in [5, 5.41) is 2.11. The Morgan fingerprint density at radius 1 is 1.30 bits per heavy atom. The van der Waals surface area contributed by atoms with E-state index in [1.165, 1.54) is 10.4 Å². The van der Waals surface area contributed by atoms with Gasteiger partial charge < -0.3 is 10.6 Å². The van der Waals surface area contributed by atoms with Gasteiger partial charge in [-0.1, -0.05) is 30.3 Å². The van der Waals surface area contributed by atoms with Crippen molar-refractivity contribution in [1.82, 2.24) is 4.90 Å². The Kier molecular flexibility index (Phi) is 3.85. The number of nitrogens with two attached hydrogens (primary N) is 1. The highest BCUT2D eigenvalue weighted by atomic mass is 32.1. The van der Waals surface area contributed by atoms with E-state index in [2.05, 4.69) is 11.4 Å². The number of thiophene rings is 1. The Hall–Kier alpha value is -1.65. The zero-order valence-electron chi connectivity index (χ0n) is 11.3. The Bertz CT molecular complexity index is 594. The van der Waals surface area contributed by atoms with E-state index in [4.69, 9.17) is 5.73 Å². The number of benzene rings is 1. The number of carbonyl (C=O) groups excluding carboxylic acids is 1. The van der Waals surface area contributed by atoms with Crippen LogP contribution in [0.1, 0.15) is 21.9 Å². The number of carbonyl (C=O) groups is 1. The van der Waals surface area contributed by atoms with Crippen LogP contribution in [0.25, 0.3) is 0 Å². The molecule has 3 nitrogen and oxygen atoms in total. The second-order valence-electron chi connectivity index (χ2n) is 5.08. The topological polar surface area (TPSA) is 46.3 Å². The summed E-state index contributed by atoms with van der Waals surface area (Å²) in [7, 11) is 0. The van der Waals surface area contributed by atoms with E-state index in [1.54, 1.807) is 11.3 Å². The molecule has 1 aliphatic heterocycles. The molecule has 0 fully saturated rings. The molecule has 0 aliphatic carbocycles. The van der Waals surface area contributed by atoms with Crippen LogP contribution in [0.5, 0.6) is 0 Å². The number of rotatable bonds is 3. The lowest BCUT2D eigenvalue weighted by molar-refractivity contribution is -0.133. The Labute approximate surface area is 123 Å². The number of amides is 1. The molecule has 0 spiro atoms. The quantitative estimate of drug-likeness (QED) is 0.941. The average Bonchev–Trinajstić information content (AvgIpc) is 2.96. The van der Waals surface area contributed by atoms with Gasteiger partial charge in [0.25, 0.3) is 0 Å². The maximum atomic E-state index is 12.7. The predicted octanol–water partition coefficient (Wildman–Crippen LogP) is 2.38. The summed E-state index contributed by atoms with van der Waals surface area (Å²) in [6, 6.07) is 12.0. The first-order valence-corrected chi connectivity index (χ1v) is 7.76. The summed E-state index contributed by atoms with van der Waals surface area (Å²) in [6.07, 6.45) is 0.963. The third-order valence-electron chi connectivity index (χ3n) is 3.86. The first-order valence-electron chi connectivity index (χ1n) is 6.88. The fourth-order valence-corrected chi connectivity index (χ4v) is 3.61. The lowest BCUT2D eigenvalue weighted by Gasteiger charge is -2.30. The monoisotopic (exact) mass is 286 g/mol. The summed E-state index contributed by atoms with van der Waals surface area (Å²) < 4.78 is 0. The molecule has 104 valence electrons. The summed E-state index contributed by atoms with van der Waals surface area (Å²) in [4.78, 5) is 16.1. The summed E-state index contributed by atoms with van der Waals surface area (Å²) in [6.45, 7) is 1.88. The molecular formula is C16H18N2OS. The van der Waals surface area contributed by atoms with Crippen LogP contribution in [-0.2, 0) is 17.8 Å². The normalized spacial score (nSPS) is 15.8. The van der Waals surface area contributed by atoms with E-state index < -0.39 is 0 Å². The molecule has 1 atom stereocenters. The number of hydrogen-bond acceptors (Lipinski definition) is 3. The maximum Gasteiger partial charge on any atom is 0.231 e. The predicted molar refractivity (Wildman–Crippen MR) is 81.7 cm³/mol. The third kappa shape index (κ3) is 2.49. The van der Waals surface area contributed by atoms with E-state index in [-0.39, 0.29) is 11.8 Å². The van der Waals surface area contributed by atoms with E-state index in [0.717, 1.165) is 25.1 Å². The Balaban J connectivity index is 1.78. The number of fused-ring (bicyclic) bond motifs is 1. The number of nitrogens with zero attached hydrogens (tertiary/aromatic N) is 1. The molecule has 0 saturated carbocycles. The van der Waals surface area contributed by atoms with Crippen LogP contribution in [0, 0.1) is 0 Å². The van der Waals surface area contributed by atoms with Crippen LogP contribution >= 0.6 is 11.3 Å². The third-order valence-corrected chi connectivity index (χ3v) is 4.88. The lowest BCUT2D eigenvalue weighted by Crippen LogP contribution is -2.40. The molecule has 2 heterocycles. The smallest absolute Gasteiger partial charge is 0.231 e. The van der Waals surface area contributed by atoms with Crippen molar-refractivity contribution in [2.24, 2.45) is 5.73 Å². The van der Waals surface area contributed by atoms with Gasteiger partial charge in [-0.15, -0.1) is 11.3 Å². The van der Waals surface area contributed by atoms with Crippen molar-refractivity contribution in [3.8, 4) is 0 Å². The second kappa shape index (κ2) is 5.77. The van der Waals surface area contributed by atoms with E-state index in [1.807, 2.05) is 35.2 Å². The molecule has 4 heteroatoms. The van der Waals surface area contributed by atoms with Gasteiger partial charge >= 0.3 is 0 Å². The number of hydrogen-bond donors (Lipinski definition) is 1. The largest absolute Gasteiger partial charge is 0.337 e. The van der Waals surface area contributed by atoms with E-state index in [0.29, 0.717) is 6.54 Å². The van der Waals surface area contributed by atoms with Gasteiger partial charge in [-0.25, -0.2) is 0 Å². The molecule has 0 saturated heterocycles. The van der Waals surface area contributed by atoms with Crippen molar-refractivity contribution in [3.05, 3.63) is 57.8 Å². The SMILES string of the molecule is NC[C@@H](C(=O)N1CCc2sccc2C1)c1ccccc1. The molecule has 0 bridgehead atoms. The van der Waals surface area contributed by atoms with Gasteiger partial charge in [-0.3, -0.25) is 4.79 Å². The minimum atomic E-state index is -0.226. The molecular weight excluding hydrogens is 268 g/mol. The summed E-state index contributed by atoms with van der Waals surface area (Å²) in [5.41, 5.74) is 8.14. The summed E-state index contributed by atoms with van der Waals surface area (Å²) in [5.74, 6) is -0.0769. The van der Waals surface area contributed by atoms with E-state index in [9.17, 15) is 4.79 Å². The van der Waals surface area contributed by atoms with Crippen LogP contribution in [-0.4, -0.2) is 23.9 Å². The minimum absolute atomic E-state index is 0.149. The molecule has 1 aromatic heterocycles. The van der Waals surface area contributed by atoms with Crippen LogP contribution in [0.2, 0.25) is 0 Å². The van der Waals surface area contributed by atoms with Gasteiger partial charge in [0.05, 0.1) is 5.92 Å². The fourth-order valence-electron chi connectivity index (χ4n) is 2.72. The zero-order chi connectivity index (χ0) is 13.9. The average molecular weight is 286 g/mol. The minimum Gasteiger partial charge on any atom is -0.337 e. The van der Waals surface area contributed by atoms with Crippen molar-refractivity contribution in [2.75, 3.05) is 13.1 Å². The van der Waals surface area contributed by atoms with Crippen molar-refractivity contribution in [2.45, 2.75) is 18.9 Å². The molecule has 2 aromatic rings. The highest BCUT2D eigenvalue weighted by Crippen LogP contribution is 2.26. The molecule has 0 unspecified atom stereocenters. The van der Waals surface area contributed by atoms with Gasteiger partial charge in [0.1, 0.15) is 0 Å². The summed E-state index contributed by atoms with van der Waals surface area (Å²) >= 11 is 1.79. The van der Waals surface area contributed by atoms with Crippen LogP contribution in [0.15, 0.2) is 41.8 Å². The Morgan fingerprint density at radius 3 is 2.85 bits per heavy atom. The maximum absolute atomic E-state index is 12.7. The van der Waals surface area contributed by atoms with Crippen LogP contribution in [0.4, 0.5) is 0 Å². The highest BCUT2D eigenvalue weighted by molar-refractivity contribution is 7.10. The molecule has 3 rings (SSSR count). The molecule has 1 amide bonds. The first kappa shape index (κ1) is 13.3. The highest BCUT2D eigenvalue weighted by Gasteiger charge is 2.27. The molecule has 0 radical (unpaired) electrons. The van der Waals surface area contributed by atoms with Gasteiger partial charge in [0.15, 0.2) is 0 Å². The van der Waals surface area contributed by atoms with E-state index >= 15 is 0 Å². The zero-order valence-corrected chi connectivity index (χ0v) is 12.1. The van der Waals surface area contributed by atoms with Gasteiger partial charge in [-0.2, -0.15) is 0 Å². The van der Waals surface area contributed by atoms with Crippen molar-refractivity contribution < 1.29 is 4.79 Å². The van der Waals surface area contributed by atoms with Gasteiger partial charge in [0.2, 0.25) is 5.91 Å². The molecule has 1 aromatic carbocycles. The van der Waals surface area contributed by atoms with Gasteiger partial charge in [-0.05, 0) is 29.0 Å². The first-order chi connectivity index (χ1) is 9.79. The van der Waals surface area contributed by atoms with Gasteiger partial charge in [0, 0.05) is 24.5 Å². The van der Waals surface area contributed by atoms with Crippen molar-refractivity contribution in [3.63, 3.8) is 0 Å². The molecule has 2 N–H and O–H groups in total. The molecule has 1 aliphatic rings. The van der Waals surface area contributed by atoms with Crippen LogP contribution < -0.4 is 5.73 Å². The molecule has 20 heavy (non-hydrogen) atoms. The van der Waals surface area contributed by atoms with Crippen LogP contribution in [0.3, 0.4) is 0 Å².